The maximum Gasteiger partial charge on any atom is 0.296 e. The van der Waals surface area contributed by atoms with E-state index < -0.39 is 34.7 Å². The Morgan fingerprint density at radius 3 is 2.57 bits per heavy atom. The summed E-state index contributed by atoms with van der Waals surface area (Å²) in [5.74, 6) is -1.70. The van der Waals surface area contributed by atoms with Gasteiger partial charge in [0.1, 0.15) is 24.0 Å². The van der Waals surface area contributed by atoms with Crippen molar-refractivity contribution in [3.8, 4) is 5.75 Å². The molecule has 4 rings (SSSR count). The van der Waals surface area contributed by atoms with E-state index in [9.17, 15) is 18.9 Å². The van der Waals surface area contributed by atoms with Gasteiger partial charge in [0, 0.05) is 62.4 Å². The van der Waals surface area contributed by atoms with Gasteiger partial charge in [0.05, 0.1) is 29.3 Å². The number of nitrogens with zero attached hydrogens (tertiary/aromatic N) is 4. The number of rotatable bonds is 9. The zero-order chi connectivity index (χ0) is 26.7. The molecular formula is C25H30F2N6O4. The molecule has 2 N–H and O–H groups in total. The van der Waals surface area contributed by atoms with E-state index in [-0.39, 0.29) is 0 Å². The third kappa shape index (κ3) is 5.70. The van der Waals surface area contributed by atoms with Crippen molar-refractivity contribution < 1.29 is 23.2 Å². The molecule has 0 radical (unpaired) electrons. The molecule has 37 heavy (non-hydrogen) atoms. The Balaban J connectivity index is 1.76. The summed E-state index contributed by atoms with van der Waals surface area (Å²) in [4.78, 5) is 22.2. The second-order valence-corrected chi connectivity index (χ2v) is 8.97. The molecule has 3 aromatic rings. The predicted octanol–water partition coefficient (Wildman–Crippen LogP) is 4.18. The smallest absolute Gasteiger partial charge is 0.296 e. The molecule has 1 fully saturated rings. The number of nitrogens with one attached hydrogen (secondary N) is 2. The molecule has 10 nitrogen and oxygen atoms in total. The lowest BCUT2D eigenvalue weighted by Crippen LogP contribution is -2.43. The van der Waals surface area contributed by atoms with E-state index in [1.165, 1.54) is 12.1 Å². The average molecular weight is 517 g/mol. The van der Waals surface area contributed by atoms with E-state index in [0.717, 1.165) is 50.4 Å². The maximum atomic E-state index is 14.6. The van der Waals surface area contributed by atoms with Crippen LogP contribution in [0.3, 0.4) is 0 Å². The predicted molar refractivity (Wildman–Crippen MR) is 137 cm³/mol. The van der Waals surface area contributed by atoms with Gasteiger partial charge in [-0.1, -0.05) is 0 Å². The lowest BCUT2D eigenvalue weighted by atomic mass is 10.00. The summed E-state index contributed by atoms with van der Waals surface area (Å²) >= 11 is 0. The standard InChI is InChI=1S/C25H30F2N6O4/c1-15(17-9-18(25(26,27)14-36-3)11-19(10-17)33(34)35)29-24-20-12-22(32-7-5-28-6-8-32)23(37-4)13-21(20)30-16(2)31-24/h9-13,15,28H,5-8,14H2,1-4H3,(H,29,30,31)/t15-/m1/s1. The molecule has 0 unspecified atom stereocenters. The van der Waals surface area contributed by atoms with Crippen LogP contribution in [0.5, 0.6) is 5.75 Å². The van der Waals surface area contributed by atoms with E-state index in [4.69, 9.17) is 4.74 Å². The third-order valence-corrected chi connectivity index (χ3v) is 6.32. The topological polar surface area (TPSA) is 115 Å². The van der Waals surface area contributed by atoms with Crippen LogP contribution >= 0.6 is 0 Å². The number of nitro groups is 1. The fraction of sp³-hybridized carbons (Fsp3) is 0.440. The number of methoxy groups -OCH3 is 2. The van der Waals surface area contributed by atoms with Crippen molar-refractivity contribution in [1.29, 1.82) is 0 Å². The fourth-order valence-corrected chi connectivity index (χ4v) is 4.44. The number of hydrogen-bond acceptors (Lipinski definition) is 9. The number of anilines is 2. The number of piperazine rings is 1. The van der Waals surface area contributed by atoms with Gasteiger partial charge in [-0.2, -0.15) is 8.78 Å². The first kappa shape index (κ1) is 26.4. The number of hydrogen-bond donors (Lipinski definition) is 2. The van der Waals surface area contributed by atoms with E-state index >= 15 is 0 Å². The highest BCUT2D eigenvalue weighted by Gasteiger charge is 2.34. The van der Waals surface area contributed by atoms with Gasteiger partial charge < -0.3 is 25.0 Å². The Bertz CT molecular complexity index is 1300. The molecule has 1 aromatic heterocycles. The molecule has 0 saturated carbocycles. The van der Waals surface area contributed by atoms with Crippen molar-refractivity contribution in [2.45, 2.75) is 25.8 Å². The largest absolute Gasteiger partial charge is 0.495 e. The van der Waals surface area contributed by atoms with Crippen LogP contribution in [0.4, 0.5) is 26.0 Å². The average Bonchev–Trinajstić information content (AvgIpc) is 2.88. The van der Waals surface area contributed by atoms with Crippen molar-refractivity contribution >= 4 is 28.1 Å². The number of aromatic nitrogens is 2. The number of nitro benzene ring substituents is 1. The number of halogens is 2. The number of aryl methyl sites for hydroxylation is 1. The lowest BCUT2D eigenvalue weighted by Gasteiger charge is -2.31. The van der Waals surface area contributed by atoms with Crippen molar-refractivity contribution in [3.63, 3.8) is 0 Å². The first-order chi connectivity index (χ1) is 17.6. The minimum absolute atomic E-state index is 0.320. The third-order valence-electron chi connectivity index (χ3n) is 6.32. The molecule has 12 heteroatoms. The van der Waals surface area contributed by atoms with Crippen LogP contribution in [-0.4, -0.2) is 61.9 Å². The van der Waals surface area contributed by atoms with Crippen molar-refractivity contribution in [2.75, 3.05) is 57.2 Å². The van der Waals surface area contributed by atoms with Crippen LogP contribution in [0.15, 0.2) is 30.3 Å². The Morgan fingerprint density at radius 2 is 1.92 bits per heavy atom. The number of non-ortho nitro benzene ring substituents is 1. The zero-order valence-electron chi connectivity index (χ0n) is 21.2. The fourth-order valence-electron chi connectivity index (χ4n) is 4.44. The van der Waals surface area contributed by atoms with Crippen LogP contribution < -0.4 is 20.3 Å². The summed E-state index contributed by atoms with van der Waals surface area (Å²) in [5, 5.41) is 18.8. The molecule has 0 aliphatic carbocycles. The van der Waals surface area contributed by atoms with Gasteiger partial charge in [-0.05, 0) is 31.5 Å². The Labute approximate surface area is 213 Å². The summed E-state index contributed by atoms with van der Waals surface area (Å²) in [7, 11) is 2.77. The van der Waals surface area contributed by atoms with Gasteiger partial charge in [-0.15, -0.1) is 0 Å². The van der Waals surface area contributed by atoms with Gasteiger partial charge in [0.25, 0.3) is 11.6 Å². The minimum atomic E-state index is -3.39. The quantitative estimate of drug-likeness (QED) is 0.319. The second kappa shape index (κ2) is 10.8. The molecule has 1 saturated heterocycles. The van der Waals surface area contributed by atoms with E-state index in [1.807, 2.05) is 12.1 Å². The van der Waals surface area contributed by atoms with Crippen LogP contribution in [0.25, 0.3) is 10.9 Å². The van der Waals surface area contributed by atoms with Gasteiger partial charge >= 0.3 is 0 Å². The summed E-state index contributed by atoms with van der Waals surface area (Å²) in [6, 6.07) is 6.66. The lowest BCUT2D eigenvalue weighted by molar-refractivity contribution is -0.385. The number of ether oxygens (including phenoxy) is 2. The van der Waals surface area contributed by atoms with Gasteiger partial charge in [-0.3, -0.25) is 10.1 Å². The highest BCUT2D eigenvalue weighted by molar-refractivity contribution is 5.94. The molecule has 2 heterocycles. The SMILES string of the molecule is COCC(F)(F)c1cc([C@@H](C)Nc2nc(C)nc3cc(OC)c(N4CCNCC4)cc23)cc([N+](=O)[O-])c1. The molecule has 2 aromatic carbocycles. The number of alkyl halides is 2. The normalized spacial score (nSPS) is 15.0. The van der Waals surface area contributed by atoms with E-state index in [1.54, 1.807) is 21.0 Å². The molecule has 0 spiro atoms. The number of benzene rings is 2. The van der Waals surface area contributed by atoms with Crippen molar-refractivity contribution in [2.24, 2.45) is 0 Å². The maximum absolute atomic E-state index is 14.6. The molecule has 1 atom stereocenters. The first-order valence-electron chi connectivity index (χ1n) is 11.9. The molecular weight excluding hydrogens is 486 g/mol. The Hall–Kier alpha value is -3.64. The van der Waals surface area contributed by atoms with E-state index in [0.29, 0.717) is 28.5 Å². The van der Waals surface area contributed by atoms with Gasteiger partial charge in [-0.25, -0.2) is 9.97 Å². The van der Waals surface area contributed by atoms with Crippen LogP contribution in [0, 0.1) is 17.0 Å². The summed E-state index contributed by atoms with van der Waals surface area (Å²) in [6.45, 7) is 5.90. The first-order valence-corrected chi connectivity index (χ1v) is 11.9. The molecule has 198 valence electrons. The van der Waals surface area contributed by atoms with Gasteiger partial charge in [0.2, 0.25) is 0 Å². The summed E-state index contributed by atoms with van der Waals surface area (Å²) in [6.07, 6.45) is 0. The Morgan fingerprint density at radius 1 is 1.19 bits per heavy atom. The molecule has 1 aliphatic rings. The Kier molecular flexibility index (Phi) is 7.69. The summed E-state index contributed by atoms with van der Waals surface area (Å²) < 4.78 is 39.5. The van der Waals surface area contributed by atoms with Crippen molar-refractivity contribution in [1.82, 2.24) is 15.3 Å². The minimum Gasteiger partial charge on any atom is -0.495 e. The zero-order valence-corrected chi connectivity index (χ0v) is 21.2. The molecule has 0 bridgehead atoms. The molecule has 1 aliphatic heterocycles. The molecule has 0 amide bonds. The van der Waals surface area contributed by atoms with Crippen LogP contribution in [0.2, 0.25) is 0 Å². The van der Waals surface area contributed by atoms with Crippen molar-refractivity contribution in [3.05, 3.63) is 57.4 Å². The number of fused-ring (bicyclic) bond motifs is 1. The highest BCUT2D eigenvalue weighted by Crippen LogP contribution is 2.37. The van der Waals surface area contributed by atoms with Gasteiger partial charge in [0.15, 0.2) is 0 Å². The van der Waals surface area contributed by atoms with E-state index in [2.05, 4.69) is 30.2 Å². The highest BCUT2D eigenvalue weighted by atomic mass is 19.3. The second-order valence-electron chi connectivity index (χ2n) is 8.97. The van der Waals surface area contributed by atoms with Crippen LogP contribution in [-0.2, 0) is 10.7 Å². The monoisotopic (exact) mass is 516 g/mol. The van der Waals surface area contributed by atoms with Crippen LogP contribution in [0.1, 0.15) is 29.9 Å². The summed E-state index contributed by atoms with van der Waals surface area (Å²) in [5.41, 5.74) is 0.967.